The van der Waals surface area contributed by atoms with Gasteiger partial charge in [-0.1, -0.05) is 104 Å². The van der Waals surface area contributed by atoms with Crippen molar-refractivity contribution < 1.29 is 65.4 Å². The summed E-state index contributed by atoms with van der Waals surface area (Å²) in [5.74, 6) is 0.833. The van der Waals surface area contributed by atoms with E-state index in [1.165, 1.54) is 0 Å². The fourth-order valence-electron chi connectivity index (χ4n) is 0. The monoisotopic (exact) mass is 443 g/mol. The van der Waals surface area contributed by atoms with Crippen LogP contribution in [0.4, 0.5) is 0 Å². The van der Waals surface area contributed by atoms with Gasteiger partial charge in [-0.2, -0.15) is 0 Å². The van der Waals surface area contributed by atoms with Gasteiger partial charge in [0.1, 0.15) is 0 Å². The molecule has 0 unspecified atom stereocenters. The van der Waals surface area contributed by atoms with E-state index in [0.29, 0.717) is 5.41 Å². The molecule has 0 N–H and O–H groups in total. The van der Waals surface area contributed by atoms with Crippen LogP contribution in [0.1, 0.15) is 104 Å². The van der Waals surface area contributed by atoms with Crippen molar-refractivity contribution in [1.82, 2.24) is 0 Å². The first-order valence-corrected chi connectivity index (χ1v) is 7.73. The van der Waals surface area contributed by atoms with Crippen LogP contribution in [-0.2, 0) is 65.4 Å². The van der Waals surface area contributed by atoms with Crippen molar-refractivity contribution in [3.63, 3.8) is 0 Å². The fourth-order valence-corrected chi connectivity index (χ4v) is 0. The van der Waals surface area contributed by atoms with Gasteiger partial charge in [-0.05, 0) is 11.3 Å². The van der Waals surface area contributed by atoms with E-state index in [0.717, 1.165) is 5.92 Å². The summed E-state index contributed by atoms with van der Waals surface area (Å²) in [5, 5.41) is 0. The van der Waals surface area contributed by atoms with E-state index in [2.05, 4.69) is 48.5 Å². The van der Waals surface area contributed by atoms with E-state index in [-0.39, 0.29) is 72.8 Å². The van der Waals surface area contributed by atoms with Crippen molar-refractivity contribution in [1.29, 1.82) is 0 Å². The van der Waals surface area contributed by atoms with Gasteiger partial charge < -0.3 is 7.43 Å². The minimum atomic E-state index is 0. The van der Waals surface area contributed by atoms with Crippen molar-refractivity contribution in [2.24, 2.45) is 11.3 Å². The Morgan fingerprint density at radius 2 is 0.500 bits per heavy atom. The third kappa shape index (κ3) is 1530. The van der Waals surface area contributed by atoms with Crippen LogP contribution in [0.2, 0.25) is 0 Å². The van der Waals surface area contributed by atoms with Gasteiger partial charge in [-0.25, -0.2) is 0 Å². The maximum atomic E-state index is 2.19. The van der Waals surface area contributed by atoms with Crippen molar-refractivity contribution in [3.05, 3.63) is 7.43 Å². The van der Waals surface area contributed by atoms with Gasteiger partial charge in [-0.3, -0.25) is 0 Å². The van der Waals surface area contributed by atoms with E-state index in [1.54, 1.807) is 0 Å². The van der Waals surface area contributed by atoms with Crippen molar-refractivity contribution in [2.45, 2.75) is 104 Å². The van der Waals surface area contributed by atoms with Gasteiger partial charge in [0, 0.05) is 65.4 Å². The van der Waals surface area contributed by atoms with Crippen LogP contribution < -0.4 is 0 Å². The average Bonchev–Trinajstić information content (AvgIpc) is 2.25. The first-order valence-electron chi connectivity index (χ1n) is 7.73. The molecule has 0 heterocycles. The van der Waals surface area contributed by atoms with Crippen LogP contribution >= 0.6 is 0 Å². The SMILES string of the molecule is CC.CC.CC.CC.CC(C)(C)C.CC(C)C.[CH3-].[Y].[Y]. The van der Waals surface area contributed by atoms with Crippen molar-refractivity contribution in [3.8, 4) is 0 Å². The Labute approximate surface area is 186 Å². The molecule has 128 valence electrons. The average molecular weight is 443 g/mol. The summed E-state index contributed by atoms with van der Waals surface area (Å²) in [4.78, 5) is 0. The summed E-state index contributed by atoms with van der Waals surface area (Å²) in [7, 11) is 0. The van der Waals surface area contributed by atoms with E-state index in [1.807, 2.05) is 55.4 Å². The molecule has 0 rings (SSSR count). The third-order valence-electron chi connectivity index (χ3n) is 0. The second-order valence-corrected chi connectivity index (χ2v) is 4.73. The minimum Gasteiger partial charge on any atom is -0.358 e. The quantitative estimate of drug-likeness (QED) is 0.331. The zero-order chi connectivity index (χ0) is 16.1. The molecule has 0 aliphatic heterocycles. The normalized spacial score (nSPS) is 6.00. The Hall–Kier alpha value is 2.21. The summed E-state index contributed by atoms with van der Waals surface area (Å²) < 4.78 is 0. The molecule has 0 amide bonds. The van der Waals surface area contributed by atoms with Crippen LogP contribution in [0.5, 0.6) is 0 Å². The van der Waals surface area contributed by atoms with Gasteiger partial charge >= 0.3 is 0 Å². The molecule has 0 aliphatic carbocycles. The van der Waals surface area contributed by atoms with Crippen LogP contribution in [0.15, 0.2) is 0 Å². The zero-order valence-electron chi connectivity index (χ0n) is 18.2. The van der Waals surface area contributed by atoms with E-state index < -0.39 is 0 Å². The molecule has 2 heteroatoms. The zero-order valence-corrected chi connectivity index (χ0v) is 23.9. The van der Waals surface area contributed by atoms with Crippen LogP contribution in [0, 0.1) is 18.8 Å². The molecule has 0 saturated heterocycles. The molecular formula is C18H49Y2-. The molecule has 0 saturated carbocycles. The topological polar surface area (TPSA) is 0 Å². The standard InChI is InChI=1S/C5H12.C4H10.4C2H6.CH3.2Y/c1-5(2,3)4;1-4(2)3;4*1-2;;;/h1-4H3;4H,1-3H3;4*1-2H3;1H3;;/q;;;;;;-1;;. The summed E-state index contributed by atoms with van der Waals surface area (Å²) in [6.07, 6.45) is 0. The van der Waals surface area contributed by atoms with Gasteiger partial charge in [-0.15, -0.1) is 0 Å². The van der Waals surface area contributed by atoms with Gasteiger partial charge in [0.05, 0.1) is 0 Å². The molecular weight excluding hydrogens is 394 g/mol. The van der Waals surface area contributed by atoms with Crippen molar-refractivity contribution >= 4 is 0 Å². The number of hydrogen-bond donors (Lipinski definition) is 0. The summed E-state index contributed by atoms with van der Waals surface area (Å²) in [6.45, 7) is 31.3. The van der Waals surface area contributed by atoms with Gasteiger partial charge in [0.15, 0.2) is 0 Å². The minimum absolute atomic E-state index is 0. The van der Waals surface area contributed by atoms with E-state index in [9.17, 15) is 0 Å². The Kier molecular flexibility index (Phi) is 197. The molecule has 0 nitrogen and oxygen atoms in total. The van der Waals surface area contributed by atoms with Gasteiger partial charge in [0.2, 0.25) is 0 Å². The molecule has 0 spiro atoms. The Morgan fingerprint density at radius 1 is 0.500 bits per heavy atom. The number of hydrogen-bond acceptors (Lipinski definition) is 0. The van der Waals surface area contributed by atoms with Crippen LogP contribution in [0.25, 0.3) is 0 Å². The second kappa shape index (κ2) is 68.9. The summed E-state index contributed by atoms with van der Waals surface area (Å²) in [5.41, 5.74) is 0.500. The smallest absolute Gasteiger partial charge is 0 e. The molecule has 0 aliphatic rings. The summed E-state index contributed by atoms with van der Waals surface area (Å²) in [6, 6.07) is 0. The summed E-state index contributed by atoms with van der Waals surface area (Å²) >= 11 is 0. The van der Waals surface area contributed by atoms with E-state index in [4.69, 9.17) is 0 Å². The predicted molar refractivity (Wildman–Crippen MR) is 97.4 cm³/mol. The largest absolute Gasteiger partial charge is 0.358 e. The first-order chi connectivity index (χ1) is 7.73. The molecule has 0 fully saturated rings. The molecule has 0 aromatic heterocycles. The van der Waals surface area contributed by atoms with Crippen LogP contribution in [0.3, 0.4) is 0 Å². The maximum Gasteiger partial charge on any atom is 0 e. The molecule has 20 heavy (non-hydrogen) atoms. The first kappa shape index (κ1) is 57.3. The third-order valence-corrected chi connectivity index (χ3v) is 0. The molecule has 0 aromatic carbocycles. The fraction of sp³-hybridized carbons (Fsp3) is 0.944. The molecule has 0 atom stereocenters. The maximum absolute atomic E-state index is 2.19. The molecule has 2 radical (unpaired) electrons. The molecule has 0 aromatic rings. The second-order valence-electron chi connectivity index (χ2n) is 4.73. The predicted octanol–water partition coefficient (Wildman–Crippen LogP) is 8.26. The Balaban J connectivity index is -0.0000000106. The Bertz CT molecular complexity index is 46.2. The van der Waals surface area contributed by atoms with Gasteiger partial charge in [0.25, 0.3) is 0 Å². The number of rotatable bonds is 0. The van der Waals surface area contributed by atoms with E-state index >= 15 is 0 Å². The molecule has 0 bridgehead atoms. The van der Waals surface area contributed by atoms with Crippen LogP contribution in [-0.4, -0.2) is 0 Å². The Morgan fingerprint density at radius 3 is 0.500 bits per heavy atom. The van der Waals surface area contributed by atoms with Crippen molar-refractivity contribution in [2.75, 3.05) is 0 Å².